The first kappa shape index (κ1) is 29.3. The molecule has 196 valence electrons. The van der Waals surface area contributed by atoms with E-state index in [1.54, 1.807) is 12.1 Å². The molecule has 36 heavy (non-hydrogen) atoms. The predicted octanol–water partition coefficient (Wildman–Crippen LogP) is 6.88. The Morgan fingerprint density at radius 2 is 1.44 bits per heavy atom. The van der Waals surface area contributed by atoms with Gasteiger partial charge in [0.2, 0.25) is 0 Å². The number of hydrogen-bond donors (Lipinski definition) is 2. The first-order valence-electron chi connectivity index (χ1n) is 10.8. The van der Waals surface area contributed by atoms with Gasteiger partial charge in [-0.05, 0) is 71.1 Å². The molecule has 0 bridgehead atoms. The van der Waals surface area contributed by atoms with Crippen LogP contribution in [-0.2, 0) is 30.1 Å². The van der Waals surface area contributed by atoms with Crippen LogP contribution in [0.4, 0.5) is 26.3 Å². The molecule has 0 radical (unpaired) electrons. The minimum atomic E-state index is -4.87. The minimum absolute atomic E-state index is 0. The summed E-state index contributed by atoms with van der Waals surface area (Å²) in [6.45, 7) is 1.000. The molecule has 0 saturated heterocycles. The summed E-state index contributed by atoms with van der Waals surface area (Å²) in [5.41, 5.74) is -1.72. The van der Waals surface area contributed by atoms with E-state index >= 15 is 0 Å². The van der Waals surface area contributed by atoms with Crippen molar-refractivity contribution in [2.75, 3.05) is 13.2 Å². The van der Waals surface area contributed by atoms with Crippen LogP contribution in [-0.4, -0.2) is 24.2 Å². The van der Waals surface area contributed by atoms with Gasteiger partial charge in [-0.3, -0.25) is 4.79 Å². The van der Waals surface area contributed by atoms with Gasteiger partial charge in [-0.1, -0.05) is 18.2 Å². The molecule has 0 aliphatic carbocycles. The molecular weight excluding hydrogens is 512 g/mol. The summed E-state index contributed by atoms with van der Waals surface area (Å²) in [7, 11) is 0. The molecule has 3 rings (SSSR count). The Morgan fingerprint density at radius 3 is 2.06 bits per heavy atom. The Morgan fingerprint density at radius 1 is 0.833 bits per heavy atom. The number of alkyl halides is 6. The van der Waals surface area contributed by atoms with Gasteiger partial charge in [0.25, 0.3) is 0 Å². The second-order valence-corrected chi connectivity index (χ2v) is 8.03. The quantitative estimate of drug-likeness (QED) is 0.220. The van der Waals surface area contributed by atoms with E-state index in [9.17, 15) is 31.1 Å². The van der Waals surface area contributed by atoms with Gasteiger partial charge in [0, 0.05) is 13.1 Å². The topological polar surface area (TPSA) is 58.6 Å². The van der Waals surface area contributed by atoms with Crippen molar-refractivity contribution in [2.45, 2.75) is 38.2 Å². The number of carbonyl (C=O) groups is 1. The SMILES string of the molecule is Cl.O=C(O)CCNCc1ccc2cc(OCCCc3cc(C(F)(F)F)cc(C(F)(F)F)c3)ccc2c1. The van der Waals surface area contributed by atoms with Gasteiger partial charge in [0.05, 0.1) is 24.2 Å². The van der Waals surface area contributed by atoms with Crippen molar-refractivity contribution in [3.8, 4) is 5.75 Å². The Hall–Kier alpha value is -2.98. The van der Waals surface area contributed by atoms with Gasteiger partial charge >= 0.3 is 18.3 Å². The Balaban J connectivity index is 0.00000456. The van der Waals surface area contributed by atoms with Gasteiger partial charge in [-0.25, -0.2) is 0 Å². The molecule has 11 heteroatoms. The molecule has 0 amide bonds. The fourth-order valence-electron chi connectivity index (χ4n) is 3.53. The van der Waals surface area contributed by atoms with Crippen molar-refractivity contribution in [3.05, 3.63) is 76.9 Å². The first-order chi connectivity index (χ1) is 16.4. The third kappa shape index (κ3) is 8.60. The summed E-state index contributed by atoms with van der Waals surface area (Å²) in [6, 6.07) is 12.7. The van der Waals surface area contributed by atoms with Crippen molar-refractivity contribution in [3.63, 3.8) is 0 Å². The molecule has 2 N–H and O–H groups in total. The highest BCUT2D eigenvalue weighted by atomic mass is 35.5. The summed E-state index contributed by atoms with van der Waals surface area (Å²) < 4.78 is 83.6. The summed E-state index contributed by atoms with van der Waals surface area (Å²) in [6.07, 6.45) is -9.47. The van der Waals surface area contributed by atoms with Crippen molar-refractivity contribution < 1.29 is 41.0 Å². The van der Waals surface area contributed by atoms with Crippen LogP contribution in [0.15, 0.2) is 54.6 Å². The maximum atomic E-state index is 13.0. The lowest BCUT2D eigenvalue weighted by molar-refractivity contribution is -0.143. The smallest absolute Gasteiger partial charge is 0.416 e. The van der Waals surface area contributed by atoms with Crippen LogP contribution in [0.5, 0.6) is 5.75 Å². The van der Waals surface area contributed by atoms with Crippen LogP contribution < -0.4 is 10.1 Å². The molecule has 4 nitrogen and oxygen atoms in total. The van der Waals surface area contributed by atoms with E-state index in [-0.39, 0.29) is 49.9 Å². The molecular formula is C25H24ClF6NO3. The summed E-state index contributed by atoms with van der Waals surface area (Å²) in [5, 5.41) is 13.5. The number of halogens is 7. The molecule has 0 saturated carbocycles. The molecule has 0 heterocycles. The van der Waals surface area contributed by atoms with Crippen LogP contribution in [0.3, 0.4) is 0 Å². The largest absolute Gasteiger partial charge is 0.494 e. The maximum absolute atomic E-state index is 13.0. The average molecular weight is 536 g/mol. The van der Waals surface area contributed by atoms with Gasteiger partial charge in [-0.15, -0.1) is 12.4 Å². The van der Waals surface area contributed by atoms with E-state index in [0.29, 0.717) is 18.8 Å². The minimum Gasteiger partial charge on any atom is -0.494 e. The maximum Gasteiger partial charge on any atom is 0.416 e. The third-order valence-corrected chi connectivity index (χ3v) is 5.25. The fourth-order valence-corrected chi connectivity index (χ4v) is 3.53. The third-order valence-electron chi connectivity index (χ3n) is 5.25. The number of aliphatic carboxylic acids is 1. The molecule has 0 aliphatic heterocycles. The van der Waals surface area contributed by atoms with Crippen LogP contribution >= 0.6 is 12.4 Å². The van der Waals surface area contributed by atoms with E-state index in [1.807, 2.05) is 24.3 Å². The van der Waals surface area contributed by atoms with Crippen LogP contribution in [0, 0.1) is 0 Å². The molecule has 0 atom stereocenters. The molecule has 0 aromatic heterocycles. The normalized spacial score (nSPS) is 11.8. The molecule has 0 spiro atoms. The highest BCUT2D eigenvalue weighted by Gasteiger charge is 2.36. The van der Waals surface area contributed by atoms with Gasteiger partial charge in [0.15, 0.2) is 0 Å². The first-order valence-corrected chi connectivity index (χ1v) is 10.8. The van der Waals surface area contributed by atoms with Crippen molar-refractivity contribution in [1.82, 2.24) is 5.32 Å². The lowest BCUT2D eigenvalue weighted by Crippen LogP contribution is -2.17. The average Bonchev–Trinajstić information content (AvgIpc) is 2.78. The van der Waals surface area contributed by atoms with Crippen molar-refractivity contribution in [2.24, 2.45) is 0 Å². The van der Waals surface area contributed by atoms with Gasteiger partial charge in [0.1, 0.15) is 5.75 Å². The van der Waals surface area contributed by atoms with E-state index < -0.39 is 29.4 Å². The van der Waals surface area contributed by atoms with Crippen LogP contribution in [0.25, 0.3) is 10.8 Å². The molecule has 0 unspecified atom stereocenters. The Labute approximate surface area is 209 Å². The zero-order valence-corrected chi connectivity index (χ0v) is 19.7. The van der Waals surface area contributed by atoms with Crippen molar-refractivity contribution >= 4 is 29.1 Å². The lowest BCUT2D eigenvalue weighted by atomic mass is 10.0. The zero-order chi connectivity index (χ0) is 25.6. The monoisotopic (exact) mass is 535 g/mol. The second kappa shape index (κ2) is 12.3. The van der Waals surface area contributed by atoms with Crippen molar-refractivity contribution in [1.29, 1.82) is 0 Å². The highest BCUT2D eigenvalue weighted by molar-refractivity contribution is 5.85. The Kier molecular flexibility index (Phi) is 10.0. The summed E-state index contributed by atoms with van der Waals surface area (Å²) >= 11 is 0. The number of rotatable bonds is 10. The second-order valence-electron chi connectivity index (χ2n) is 8.03. The van der Waals surface area contributed by atoms with E-state index in [4.69, 9.17) is 9.84 Å². The zero-order valence-electron chi connectivity index (χ0n) is 18.9. The summed E-state index contributed by atoms with van der Waals surface area (Å²) in [4.78, 5) is 10.5. The number of fused-ring (bicyclic) bond motifs is 1. The number of benzene rings is 3. The highest BCUT2D eigenvalue weighted by Crippen LogP contribution is 2.36. The molecule has 0 fully saturated rings. The number of nitrogens with one attached hydrogen (secondary N) is 1. The number of ether oxygens (including phenoxy) is 1. The van der Waals surface area contributed by atoms with Crippen LogP contribution in [0.1, 0.15) is 35.1 Å². The van der Waals surface area contributed by atoms with Gasteiger partial charge < -0.3 is 15.2 Å². The number of hydrogen-bond acceptors (Lipinski definition) is 3. The molecule has 3 aromatic carbocycles. The van der Waals surface area contributed by atoms with E-state index in [1.165, 1.54) is 0 Å². The Bertz CT molecular complexity index is 1150. The predicted molar refractivity (Wildman–Crippen MR) is 125 cm³/mol. The molecule has 0 aliphatic rings. The lowest BCUT2D eigenvalue weighted by Gasteiger charge is -2.14. The van der Waals surface area contributed by atoms with E-state index in [2.05, 4.69) is 5.32 Å². The number of carboxylic acid groups (broad SMARTS) is 1. The van der Waals surface area contributed by atoms with Crippen LogP contribution in [0.2, 0.25) is 0 Å². The molecule has 3 aromatic rings. The fraction of sp³-hybridized carbons (Fsp3) is 0.320. The number of aryl methyl sites for hydroxylation is 1. The van der Waals surface area contributed by atoms with E-state index in [0.717, 1.165) is 28.5 Å². The number of carboxylic acids is 1. The van der Waals surface area contributed by atoms with Gasteiger partial charge in [-0.2, -0.15) is 26.3 Å². The standard InChI is InChI=1S/C25H23F6NO3.ClH/c26-24(27,28)20-11-16(12-21(14-20)25(29,30)31)2-1-9-35-22-6-5-18-10-17(3-4-19(18)13-22)15-32-8-7-23(33)34;/h3-6,10-14,32H,1-2,7-9,15H2,(H,33,34);1H. The summed E-state index contributed by atoms with van der Waals surface area (Å²) in [5.74, 6) is -0.339.